The quantitative estimate of drug-likeness (QED) is 0.183. The van der Waals surface area contributed by atoms with Crippen molar-refractivity contribution in [2.45, 2.75) is 48.8 Å². The molecule has 9 aromatic rings. The third-order valence-electron chi connectivity index (χ3n) is 12.7. The van der Waals surface area contributed by atoms with E-state index in [1.54, 1.807) is 0 Å². The topological polar surface area (TPSA) is 41.4 Å². The molecule has 3 unspecified atom stereocenters. The molecule has 3 atom stereocenters. The van der Waals surface area contributed by atoms with Crippen LogP contribution in [0.3, 0.4) is 0 Å². The number of rotatable bonds is 5. The molecule has 0 saturated heterocycles. The van der Waals surface area contributed by atoms with E-state index in [4.69, 9.17) is 4.99 Å². The summed E-state index contributed by atoms with van der Waals surface area (Å²) in [5.41, 5.74) is 11.5. The fourth-order valence-electron chi connectivity index (χ4n) is 10.2. The molecule has 0 bridgehead atoms. The summed E-state index contributed by atoms with van der Waals surface area (Å²) in [6, 6.07) is 59.8. The lowest BCUT2D eigenvalue weighted by Crippen LogP contribution is -2.53. The first-order valence-corrected chi connectivity index (χ1v) is 22.0. The molecular weight excluding hydrogens is 745 g/mol. The van der Waals surface area contributed by atoms with Crippen LogP contribution in [-0.4, -0.2) is 16.6 Å². The van der Waals surface area contributed by atoms with E-state index >= 15 is 0 Å². The highest BCUT2D eigenvalue weighted by atomic mass is 32.2. The zero-order chi connectivity index (χ0) is 38.4. The van der Waals surface area contributed by atoms with E-state index in [2.05, 4.69) is 186 Å². The summed E-state index contributed by atoms with van der Waals surface area (Å²) < 4.78 is 5.13. The van der Waals surface area contributed by atoms with Crippen molar-refractivity contribution in [1.29, 1.82) is 0 Å². The van der Waals surface area contributed by atoms with E-state index in [9.17, 15) is 0 Å². The Morgan fingerprint density at radius 3 is 2.09 bits per heavy atom. The number of aliphatic imine (C=N–C) groups is 1. The smallest absolute Gasteiger partial charge is 0.131 e. The number of hydrogen-bond acceptors (Lipinski definition) is 5. The van der Waals surface area contributed by atoms with Crippen LogP contribution in [0.4, 0.5) is 0 Å². The number of hydrogen-bond donors (Lipinski definition) is 2. The maximum atomic E-state index is 5.24. The third-order valence-corrected chi connectivity index (χ3v) is 15.3. The number of aromatic nitrogens is 1. The molecule has 12 rings (SSSR count). The van der Waals surface area contributed by atoms with Gasteiger partial charge in [0.15, 0.2) is 0 Å². The maximum absolute atomic E-state index is 5.24. The highest BCUT2D eigenvalue weighted by molar-refractivity contribution is 8.03. The van der Waals surface area contributed by atoms with Crippen molar-refractivity contribution < 1.29 is 0 Å². The fraction of sp³-hybridized carbons (Fsp3) is 0.135. The molecule has 0 amide bonds. The number of amidine groups is 1. The van der Waals surface area contributed by atoms with E-state index in [1.807, 2.05) is 23.1 Å². The first kappa shape index (κ1) is 34.1. The van der Waals surface area contributed by atoms with Crippen molar-refractivity contribution >= 4 is 70.9 Å². The van der Waals surface area contributed by atoms with Gasteiger partial charge in [0.05, 0.1) is 16.7 Å². The van der Waals surface area contributed by atoms with Gasteiger partial charge in [0.25, 0.3) is 0 Å². The summed E-state index contributed by atoms with van der Waals surface area (Å²) in [6.45, 7) is 2.52. The van der Waals surface area contributed by atoms with Gasteiger partial charge in [-0.05, 0) is 83.5 Å². The normalized spacial score (nSPS) is 20.4. The van der Waals surface area contributed by atoms with Crippen molar-refractivity contribution in [3.8, 4) is 16.8 Å². The summed E-state index contributed by atoms with van der Waals surface area (Å²) in [5.74, 6) is 0.940. The summed E-state index contributed by atoms with van der Waals surface area (Å²) in [6.07, 6.45) is 3.09. The predicted octanol–water partition coefficient (Wildman–Crippen LogP) is 13.3. The Labute approximate surface area is 346 Å². The van der Waals surface area contributed by atoms with Gasteiger partial charge in [-0.25, -0.2) is 4.99 Å². The zero-order valence-corrected chi connectivity index (χ0v) is 33.7. The Kier molecular flexibility index (Phi) is 7.84. The lowest BCUT2D eigenvalue weighted by molar-refractivity contribution is 0.396. The van der Waals surface area contributed by atoms with Gasteiger partial charge in [0.2, 0.25) is 0 Å². The van der Waals surface area contributed by atoms with Gasteiger partial charge in [-0.15, -0.1) is 11.3 Å². The second-order valence-electron chi connectivity index (χ2n) is 16.0. The molecule has 2 aliphatic heterocycles. The fourth-order valence-corrected chi connectivity index (χ4v) is 12.9. The van der Waals surface area contributed by atoms with Gasteiger partial charge in [-0.2, -0.15) is 0 Å². The monoisotopic (exact) mass is 784 g/mol. The molecule has 3 aliphatic rings. The van der Waals surface area contributed by atoms with E-state index in [0.717, 1.165) is 30.7 Å². The average molecular weight is 785 g/mol. The third kappa shape index (κ3) is 5.15. The van der Waals surface area contributed by atoms with Crippen LogP contribution >= 0.6 is 23.1 Å². The van der Waals surface area contributed by atoms with Crippen molar-refractivity contribution in [3.63, 3.8) is 0 Å². The average Bonchev–Trinajstić information content (AvgIpc) is 3.94. The number of nitrogens with one attached hydrogen (secondary N) is 2. The summed E-state index contributed by atoms with van der Waals surface area (Å²) in [5, 5.41) is 13.1. The van der Waals surface area contributed by atoms with Crippen LogP contribution in [0.15, 0.2) is 184 Å². The van der Waals surface area contributed by atoms with Crippen LogP contribution in [0.1, 0.15) is 49.0 Å². The van der Waals surface area contributed by atoms with Crippen molar-refractivity contribution in [1.82, 2.24) is 15.2 Å². The molecule has 0 fully saturated rings. The number of thiophene rings is 1. The lowest BCUT2D eigenvalue weighted by atomic mass is 9.70. The Morgan fingerprint density at radius 2 is 1.31 bits per heavy atom. The molecule has 6 heteroatoms. The number of benzene rings is 7. The molecule has 0 radical (unpaired) electrons. The van der Waals surface area contributed by atoms with E-state index in [1.165, 1.54) is 85.3 Å². The van der Waals surface area contributed by atoms with E-state index < -0.39 is 0 Å². The van der Waals surface area contributed by atoms with Crippen LogP contribution < -0.4 is 10.6 Å². The van der Waals surface area contributed by atoms with Gasteiger partial charge in [0.1, 0.15) is 18.2 Å². The summed E-state index contributed by atoms with van der Waals surface area (Å²) >= 11 is 3.91. The number of fused-ring (bicyclic) bond motifs is 9. The first-order chi connectivity index (χ1) is 28.6. The molecule has 280 valence electrons. The van der Waals surface area contributed by atoms with Gasteiger partial charge in [0, 0.05) is 51.7 Å². The largest absolute Gasteiger partial charge is 0.351 e. The molecule has 58 heavy (non-hydrogen) atoms. The minimum Gasteiger partial charge on any atom is -0.351 e. The highest BCUT2D eigenvalue weighted by Crippen LogP contribution is 2.61. The molecule has 0 saturated carbocycles. The van der Waals surface area contributed by atoms with Gasteiger partial charge >= 0.3 is 0 Å². The second-order valence-corrected chi connectivity index (χ2v) is 18.2. The Hall–Kier alpha value is -5.92. The molecule has 7 aromatic carbocycles. The minimum atomic E-state index is -0.151. The zero-order valence-electron chi connectivity index (χ0n) is 32.1. The van der Waals surface area contributed by atoms with Crippen LogP contribution in [0.5, 0.6) is 0 Å². The molecular formula is C52H40N4S2. The first-order valence-electron chi connectivity index (χ1n) is 20.3. The lowest BCUT2D eigenvalue weighted by Gasteiger charge is -2.40. The highest BCUT2D eigenvalue weighted by Gasteiger charge is 2.46. The van der Waals surface area contributed by atoms with Crippen LogP contribution in [-0.2, 0) is 5.41 Å². The minimum absolute atomic E-state index is 0.0455. The van der Waals surface area contributed by atoms with Crippen molar-refractivity contribution in [2.75, 3.05) is 0 Å². The SMILES string of the molecule is CC12CCCC(C3NC(c4ccccc4)=NC(c4ccccc4)N3)=C1Sc1cccc(-c3cccc4sc5cccc(-n6c7ccccc7c7ccccc76)c5c34)c12. The van der Waals surface area contributed by atoms with Gasteiger partial charge < -0.3 is 9.88 Å². The Bertz CT molecular complexity index is 3100. The summed E-state index contributed by atoms with van der Waals surface area (Å²) in [4.78, 5) is 8.10. The maximum Gasteiger partial charge on any atom is 0.131 e. The second kappa shape index (κ2) is 13.3. The Balaban J connectivity index is 1.03. The molecule has 0 spiro atoms. The van der Waals surface area contributed by atoms with E-state index in [-0.39, 0.29) is 17.7 Å². The standard InChI is InChI=1S/C52H40N4S2/c1-52-31-15-24-38(51-54-49(32-16-4-2-5-17-32)53-50(55-51)33-18-6-3-7-19-33)48(52)58-44-30-13-23-37(47(44)52)36-22-12-28-42-45(36)46-41(27-14-29-43(46)57-42)56-39-25-10-8-20-34(39)35-21-9-11-26-40(35)56/h2-14,16-23,25-30,49,51,54H,15,24,31H2,1H3,(H,53,55). The van der Waals surface area contributed by atoms with E-state index in [0.29, 0.717) is 0 Å². The Morgan fingerprint density at radius 1 is 0.655 bits per heavy atom. The van der Waals surface area contributed by atoms with Crippen molar-refractivity contribution in [3.05, 3.63) is 191 Å². The molecule has 4 heterocycles. The molecule has 2 N–H and O–H groups in total. The van der Waals surface area contributed by atoms with Gasteiger partial charge in [-0.1, -0.05) is 146 Å². The molecule has 1 aliphatic carbocycles. The molecule has 4 nitrogen and oxygen atoms in total. The van der Waals surface area contributed by atoms with Crippen LogP contribution in [0, 0.1) is 0 Å². The van der Waals surface area contributed by atoms with Gasteiger partial charge in [-0.3, -0.25) is 5.32 Å². The van der Waals surface area contributed by atoms with Crippen LogP contribution in [0.2, 0.25) is 0 Å². The van der Waals surface area contributed by atoms with Crippen LogP contribution in [0.25, 0.3) is 58.8 Å². The number of para-hydroxylation sites is 2. The number of thioether (sulfide) groups is 1. The van der Waals surface area contributed by atoms with Crippen molar-refractivity contribution in [2.24, 2.45) is 4.99 Å². The predicted molar refractivity (Wildman–Crippen MR) is 245 cm³/mol. The number of allylic oxidation sites excluding steroid dienone is 1. The number of nitrogens with zero attached hydrogens (tertiary/aromatic N) is 2. The molecule has 2 aromatic heterocycles. The summed E-state index contributed by atoms with van der Waals surface area (Å²) in [7, 11) is 0.